The molecule has 0 radical (unpaired) electrons. The van der Waals surface area contributed by atoms with Gasteiger partial charge in [-0.15, -0.1) is 0 Å². The lowest BCUT2D eigenvalue weighted by Crippen LogP contribution is -2.30. The van der Waals surface area contributed by atoms with Gasteiger partial charge in [0.15, 0.2) is 0 Å². The largest absolute Gasteiger partial charge is 0.337 e. The molecule has 0 N–H and O–H groups in total. The van der Waals surface area contributed by atoms with Crippen LogP contribution in [0.4, 0.5) is 5.69 Å². The van der Waals surface area contributed by atoms with Gasteiger partial charge in [0.1, 0.15) is 0 Å². The van der Waals surface area contributed by atoms with E-state index < -0.39 is 0 Å². The van der Waals surface area contributed by atoms with Crippen molar-refractivity contribution < 1.29 is 0 Å². The predicted octanol–water partition coefficient (Wildman–Crippen LogP) is 5.56. The average molecular weight is 289 g/mol. The van der Waals surface area contributed by atoms with E-state index in [0.717, 1.165) is 18.4 Å². The molecule has 3 rings (SSSR count). The van der Waals surface area contributed by atoms with Crippen LogP contribution in [0.1, 0.15) is 26.7 Å². The maximum atomic E-state index is 4.09. The number of para-hydroxylation sites is 1. The Morgan fingerprint density at radius 3 is 2.73 bits per heavy atom. The van der Waals surface area contributed by atoms with Crippen molar-refractivity contribution >= 4 is 5.69 Å². The number of rotatable bonds is 3. The zero-order valence-corrected chi connectivity index (χ0v) is 13.4. The minimum absolute atomic E-state index is 0.389. The van der Waals surface area contributed by atoms with Gasteiger partial charge in [0.2, 0.25) is 0 Å². The Morgan fingerprint density at radius 2 is 2.05 bits per heavy atom. The second kappa shape index (κ2) is 6.23. The summed E-state index contributed by atoms with van der Waals surface area (Å²) in [4.78, 5) is 2.50. The van der Waals surface area contributed by atoms with E-state index in [1.165, 1.54) is 22.5 Å². The zero-order valence-electron chi connectivity index (χ0n) is 13.4. The van der Waals surface area contributed by atoms with Crippen LogP contribution >= 0.6 is 0 Å². The van der Waals surface area contributed by atoms with Gasteiger partial charge in [-0.1, -0.05) is 67.7 Å². The Morgan fingerprint density at radius 1 is 1.27 bits per heavy atom. The summed E-state index contributed by atoms with van der Waals surface area (Å²) < 4.78 is 0. The van der Waals surface area contributed by atoms with Gasteiger partial charge in [0.25, 0.3) is 0 Å². The number of hydrogen-bond donors (Lipinski definition) is 0. The zero-order chi connectivity index (χ0) is 15.5. The Hall–Kier alpha value is -2.28. The van der Waals surface area contributed by atoms with Crippen LogP contribution in [-0.4, -0.2) is 6.04 Å². The minimum Gasteiger partial charge on any atom is -0.337 e. The van der Waals surface area contributed by atoms with Gasteiger partial charge in [-0.2, -0.15) is 0 Å². The molecular weight excluding hydrogens is 266 g/mol. The molecule has 0 saturated heterocycles. The van der Waals surface area contributed by atoms with E-state index in [1.807, 2.05) is 0 Å². The maximum Gasteiger partial charge on any atom is 0.0592 e. The van der Waals surface area contributed by atoms with Crippen molar-refractivity contribution in [3.63, 3.8) is 0 Å². The Bertz CT molecular complexity index is 686. The summed E-state index contributed by atoms with van der Waals surface area (Å²) in [6.07, 6.45) is 13.1. The van der Waals surface area contributed by atoms with Crippen molar-refractivity contribution in [2.24, 2.45) is 0 Å². The first-order valence-corrected chi connectivity index (χ1v) is 8.00. The fraction of sp³-hybridized carbons (Fsp3) is 0.238. The molecule has 112 valence electrons. The van der Waals surface area contributed by atoms with Gasteiger partial charge < -0.3 is 4.90 Å². The molecule has 1 aliphatic heterocycles. The third kappa shape index (κ3) is 2.59. The fourth-order valence-electron chi connectivity index (χ4n) is 3.38. The van der Waals surface area contributed by atoms with Gasteiger partial charge in [-0.3, -0.25) is 0 Å². The van der Waals surface area contributed by atoms with E-state index in [2.05, 4.69) is 86.0 Å². The SMILES string of the molecule is C=C(C)/C=C1/C2=C(CC=CC=C2)N(c2ccccc2)C1CC. The van der Waals surface area contributed by atoms with Gasteiger partial charge in [0, 0.05) is 17.8 Å². The lowest BCUT2D eigenvalue weighted by atomic mass is 9.97. The maximum absolute atomic E-state index is 4.09. The van der Waals surface area contributed by atoms with Crippen LogP contribution in [0, 0.1) is 0 Å². The van der Waals surface area contributed by atoms with Gasteiger partial charge in [0.05, 0.1) is 6.04 Å². The normalized spacial score (nSPS) is 22.2. The molecule has 1 aromatic carbocycles. The Labute approximate surface area is 133 Å². The van der Waals surface area contributed by atoms with Crippen LogP contribution in [0.2, 0.25) is 0 Å². The quantitative estimate of drug-likeness (QED) is 0.704. The molecule has 0 amide bonds. The molecule has 0 bridgehead atoms. The summed E-state index contributed by atoms with van der Waals surface area (Å²) in [6, 6.07) is 11.1. The number of hydrogen-bond acceptors (Lipinski definition) is 1. The van der Waals surface area contributed by atoms with E-state index >= 15 is 0 Å². The topological polar surface area (TPSA) is 3.24 Å². The van der Waals surface area contributed by atoms with Crippen LogP contribution in [0.3, 0.4) is 0 Å². The van der Waals surface area contributed by atoms with Crippen LogP contribution in [0.5, 0.6) is 0 Å². The minimum atomic E-state index is 0.389. The highest BCUT2D eigenvalue weighted by Gasteiger charge is 2.34. The van der Waals surface area contributed by atoms with Crippen molar-refractivity contribution in [1.82, 2.24) is 0 Å². The highest BCUT2D eigenvalue weighted by molar-refractivity contribution is 5.68. The highest BCUT2D eigenvalue weighted by atomic mass is 15.2. The highest BCUT2D eigenvalue weighted by Crippen LogP contribution is 2.42. The van der Waals surface area contributed by atoms with E-state index in [9.17, 15) is 0 Å². The molecule has 0 fully saturated rings. The number of benzene rings is 1. The van der Waals surface area contributed by atoms with E-state index in [4.69, 9.17) is 0 Å². The second-order valence-electron chi connectivity index (χ2n) is 5.93. The monoisotopic (exact) mass is 289 g/mol. The van der Waals surface area contributed by atoms with E-state index in [0.29, 0.717) is 6.04 Å². The molecule has 0 spiro atoms. The van der Waals surface area contributed by atoms with Crippen molar-refractivity contribution in [3.05, 3.63) is 89.7 Å². The Balaban J connectivity index is 2.16. The third-order valence-corrected chi connectivity index (χ3v) is 4.23. The van der Waals surface area contributed by atoms with Crippen LogP contribution in [0.15, 0.2) is 89.7 Å². The van der Waals surface area contributed by atoms with E-state index in [-0.39, 0.29) is 0 Å². The molecule has 1 aliphatic carbocycles. The summed E-state index contributed by atoms with van der Waals surface area (Å²) in [6.45, 7) is 8.42. The lowest BCUT2D eigenvalue weighted by molar-refractivity contribution is 0.721. The molecular formula is C21H23N. The van der Waals surface area contributed by atoms with Crippen molar-refractivity contribution in [2.45, 2.75) is 32.7 Å². The molecule has 1 heteroatoms. The van der Waals surface area contributed by atoms with Gasteiger partial charge in [-0.05, 0) is 36.6 Å². The average Bonchev–Trinajstić information content (AvgIpc) is 2.67. The summed E-state index contributed by atoms with van der Waals surface area (Å²) in [7, 11) is 0. The van der Waals surface area contributed by atoms with Gasteiger partial charge >= 0.3 is 0 Å². The summed E-state index contributed by atoms with van der Waals surface area (Å²) in [5, 5.41) is 0. The molecule has 22 heavy (non-hydrogen) atoms. The first-order valence-electron chi connectivity index (χ1n) is 8.00. The molecule has 1 unspecified atom stereocenters. The molecule has 2 aliphatic rings. The van der Waals surface area contributed by atoms with Crippen LogP contribution < -0.4 is 4.90 Å². The van der Waals surface area contributed by atoms with Crippen LogP contribution in [-0.2, 0) is 0 Å². The molecule has 1 aromatic rings. The molecule has 0 saturated carbocycles. The van der Waals surface area contributed by atoms with Crippen molar-refractivity contribution in [1.29, 1.82) is 0 Å². The second-order valence-corrected chi connectivity index (χ2v) is 5.93. The van der Waals surface area contributed by atoms with Crippen LogP contribution in [0.25, 0.3) is 0 Å². The predicted molar refractivity (Wildman–Crippen MR) is 95.8 cm³/mol. The van der Waals surface area contributed by atoms with Crippen molar-refractivity contribution in [3.8, 4) is 0 Å². The lowest BCUT2D eigenvalue weighted by Gasteiger charge is -2.29. The molecule has 1 atom stereocenters. The fourth-order valence-corrected chi connectivity index (χ4v) is 3.38. The van der Waals surface area contributed by atoms with E-state index in [1.54, 1.807) is 0 Å². The Kier molecular flexibility index (Phi) is 4.15. The molecule has 1 nitrogen and oxygen atoms in total. The summed E-state index contributed by atoms with van der Waals surface area (Å²) in [5.41, 5.74) is 6.55. The smallest absolute Gasteiger partial charge is 0.0592 e. The van der Waals surface area contributed by atoms with Crippen molar-refractivity contribution in [2.75, 3.05) is 4.90 Å². The first-order chi connectivity index (χ1) is 10.7. The molecule has 1 heterocycles. The summed E-state index contributed by atoms with van der Waals surface area (Å²) >= 11 is 0. The standard InChI is InChI=1S/C21H23N/c1-4-20-19(15-16(2)3)18-13-9-6-10-14-21(18)22(20)17-11-7-5-8-12-17/h5-13,15,20H,2,4,14H2,1,3H3/b19-15-. The third-order valence-electron chi connectivity index (χ3n) is 4.23. The summed E-state index contributed by atoms with van der Waals surface area (Å²) in [5.74, 6) is 0. The number of nitrogens with zero attached hydrogens (tertiary/aromatic N) is 1. The number of anilines is 1. The van der Waals surface area contributed by atoms with Gasteiger partial charge in [-0.25, -0.2) is 0 Å². The molecule has 0 aromatic heterocycles. The first kappa shape index (κ1) is 14.6. The number of allylic oxidation sites excluding steroid dienone is 6.